The van der Waals surface area contributed by atoms with Gasteiger partial charge in [-0.25, -0.2) is 0 Å². The molecule has 1 aromatic rings. The average Bonchev–Trinajstić information content (AvgIpc) is 2.34. The Balaban J connectivity index is 2.76. The molecule has 0 heterocycles. The maximum absolute atomic E-state index is 12.4. The van der Waals surface area contributed by atoms with Crippen molar-refractivity contribution in [1.82, 2.24) is 5.32 Å². The molecular formula is C13H13F3N2O. The predicted octanol–water partition coefficient (Wildman–Crippen LogP) is 1.44. The van der Waals surface area contributed by atoms with E-state index in [1.54, 1.807) is 6.92 Å². The third-order valence-corrected chi connectivity index (χ3v) is 2.34. The lowest BCUT2D eigenvalue weighted by molar-refractivity contribution is -0.137. The zero-order valence-corrected chi connectivity index (χ0v) is 10.3. The zero-order chi connectivity index (χ0) is 14.5. The zero-order valence-electron chi connectivity index (χ0n) is 10.3. The molecule has 3 N–H and O–H groups in total. The second-order valence-electron chi connectivity index (χ2n) is 3.81. The van der Waals surface area contributed by atoms with Gasteiger partial charge in [-0.15, -0.1) is 0 Å². The molecule has 0 fully saturated rings. The molecule has 0 aliphatic rings. The Hall–Kier alpha value is -2.00. The van der Waals surface area contributed by atoms with Crippen LogP contribution in [-0.4, -0.2) is 19.0 Å². The lowest BCUT2D eigenvalue weighted by Crippen LogP contribution is -2.30. The molecule has 0 atom stereocenters. The van der Waals surface area contributed by atoms with E-state index in [0.717, 1.165) is 12.1 Å². The third kappa shape index (κ3) is 4.64. The second kappa shape index (κ2) is 6.25. The van der Waals surface area contributed by atoms with Crippen molar-refractivity contribution in [3.05, 3.63) is 34.9 Å². The normalized spacial score (nSPS) is 10.6. The van der Waals surface area contributed by atoms with Crippen LogP contribution in [0.15, 0.2) is 18.2 Å². The molecule has 3 nitrogen and oxygen atoms in total. The van der Waals surface area contributed by atoms with Crippen LogP contribution in [0.2, 0.25) is 0 Å². The maximum Gasteiger partial charge on any atom is 0.416 e. The van der Waals surface area contributed by atoms with Crippen molar-refractivity contribution >= 4 is 5.91 Å². The van der Waals surface area contributed by atoms with Crippen molar-refractivity contribution in [2.24, 2.45) is 5.73 Å². The Morgan fingerprint density at radius 3 is 2.63 bits per heavy atom. The van der Waals surface area contributed by atoms with Crippen LogP contribution < -0.4 is 11.1 Å². The molecule has 0 saturated carbocycles. The van der Waals surface area contributed by atoms with Crippen LogP contribution in [0.3, 0.4) is 0 Å². The van der Waals surface area contributed by atoms with Gasteiger partial charge in [0.2, 0.25) is 5.91 Å². The van der Waals surface area contributed by atoms with Gasteiger partial charge in [-0.05, 0) is 30.7 Å². The standard InChI is InChI=1S/C13H13F3N2O/c1-9-7-11(13(14,15)16)5-4-10(9)3-2-6-18-12(19)8-17/h4-5,7H,6,8,17H2,1H3,(H,18,19). The van der Waals surface area contributed by atoms with Crippen molar-refractivity contribution in [1.29, 1.82) is 0 Å². The lowest BCUT2D eigenvalue weighted by atomic mass is 10.1. The first kappa shape index (κ1) is 15.1. The summed E-state index contributed by atoms with van der Waals surface area (Å²) in [6.07, 6.45) is -4.36. The van der Waals surface area contributed by atoms with E-state index in [2.05, 4.69) is 17.2 Å². The van der Waals surface area contributed by atoms with Crippen molar-refractivity contribution < 1.29 is 18.0 Å². The highest BCUT2D eigenvalue weighted by atomic mass is 19.4. The van der Waals surface area contributed by atoms with E-state index < -0.39 is 11.7 Å². The van der Waals surface area contributed by atoms with Gasteiger partial charge in [0.15, 0.2) is 0 Å². The van der Waals surface area contributed by atoms with E-state index >= 15 is 0 Å². The van der Waals surface area contributed by atoms with Crippen LogP contribution in [0.5, 0.6) is 0 Å². The minimum Gasteiger partial charge on any atom is -0.344 e. The number of carbonyl (C=O) groups excluding carboxylic acids is 1. The van der Waals surface area contributed by atoms with Crippen molar-refractivity contribution in [2.75, 3.05) is 13.1 Å². The van der Waals surface area contributed by atoms with Gasteiger partial charge >= 0.3 is 6.18 Å². The van der Waals surface area contributed by atoms with Crippen LogP contribution in [0.25, 0.3) is 0 Å². The molecular weight excluding hydrogens is 257 g/mol. The Kier molecular flexibility index (Phi) is 4.95. The first-order chi connectivity index (χ1) is 8.84. The first-order valence-corrected chi connectivity index (χ1v) is 5.48. The van der Waals surface area contributed by atoms with Crippen molar-refractivity contribution in [3.8, 4) is 11.8 Å². The molecule has 0 saturated heterocycles. The highest BCUT2D eigenvalue weighted by Crippen LogP contribution is 2.30. The molecule has 0 bridgehead atoms. The first-order valence-electron chi connectivity index (χ1n) is 5.48. The highest BCUT2D eigenvalue weighted by Gasteiger charge is 2.30. The van der Waals surface area contributed by atoms with E-state index in [1.165, 1.54) is 6.07 Å². The molecule has 0 radical (unpaired) electrons. The lowest BCUT2D eigenvalue weighted by Gasteiger charge is -2.08. The summed E-state index contributed by atoms with van der Waals surface area (Å²) >= 11 is 0. The summed E-state index contributed by atoms with van der Waals surface area (Å²) in [6.45, 7) is 1.54. The molecule has 0 aromatic heterocycles. The monoisotopic (exact) mass is 270 g/mol. The van der Waals surface area contributed by atoms with Gasteiger partial charge < -0.3 is 11.1 Å². The summed E-state index contributed by atoms with van der Waals surface area (Å²) < 4.78 is 37.3. The SMILES string of the molecule is Cc1cc(C(F)(F)F)ccc1C#CCNC(=O)CN. The number of hydrogen-bond donors (Lipinski definition) is 2. The Labute approximate surface area is 109 Å². The molecule has 19 heavy (non-hydrogen) atoms. The number of benzene rings is 1. The van der Waals surface area contributed by atoms with Gasteiger partial charge in [-0.2, -0.15) is 13.2 Å². The minimum atomic E-state index is -4.36. The van der Waals surface area contributed by atoms with Crippen LogP contribution in [0.4, 0.5) is 13.2 Å². The van der Waals surface area contributed by atoms with Crippen molar-refractivity contribution in [3.63, 3.8) is 0 Å². The number of halogens is 3. The minimum absolute atomic E-state index is 0.108. The average molecular weight is 270 g/mol. The van der Waals surface area contributed by atoms with E-state index in [4.69, 9.17) is 5.73 Å². The molecule has 102 valence electrons. The fourth-order valence-electron chi connectivity index (χ4n) is 1.33. The molecule has 1 rings (SSSR count). The molecule has 1 aromatic carbocycles. The number of rotatable bonds is 2. The van der Waals surface area contributed by atoms with Gasteiger partial charge in [-0.1, -0.05) is 11.8 Å². The summed E-state index contributed by atoms with van der Waals surface area (Å²) in [5.74, 6) is 5.01. The number of carbonyl (C=O) groups is 1. The van der Waals surface area contributed by atoms with Gasteiger partial charge in [0.05, 0.1) is 18.7 Å². The molecule has 1 amide bonds. The Morgan fingerprint density at radius 1 is 1.42 bits per heavy atom. The fourth-order valence-corrected chi connectivity index (χ4v) is 1.33. The number of alkyl halides is 3. The van der Waals surface area contributed by atoms with E-state index in [9.17, 15) is 18.0 Å². The summed E-state index contributed by atoms with van der Waals surface area (Å²) in [7, 11) is 0. The second-order valence-corrected chi connectivity index (χ2v) is 3.81. The van der Waals surface area contributed by atoms with Crippen LogP contribution >= 0.6 is 0 Å². The topological polar surface area (TPSA) is 55.1 Å². The highest BCUT2D eigenvalue weighted by molar-refractivity contribution is 5.77. The maximum atomic E-state index is 12.4. The van der Waals surface area contributed by atoms with E-state index in [1.807, 2.05) is 0 Å². The quantitative estimate of drug-likeness (QED) is 0.799. The Morgan fingerprint density at radius 2 is 2.11 bits per heavy atom. The number of amides is 1. The Bertz CT molecular complexity index is 527. The van der Waals surface area contributed by atoms with Crippen LogP contribution in [-0.2, 0) is 11.0 Å². The van der Waals surface area contributed by atoms with Crippen LogP contribution in [0.1, 0.15) is 16.7 Å². The molecule has 6 heteroatoms. The molecule has 0 aliphatic heterocycles. The smallest absolute Gasteiger partial charge is 0.344 e. The van der Waals surface area contributed by atoms with Crippen molar-refractivity contribution in [2.45, 2.75) is 13.1 Å². The molecule has 0 unspecified atom stereocenters. The molecule has 0 spiro atoms. The summed E-state index contributed by atoms with van der Waals surface area (Å²) in [4.78, 5) is 10.8. The number of aryl methyl sites for hydroxylation is 1. The fraction of sp³-hybridized carbons (Fsp3) is 0.308. The number of hydrogen-bond acceptors (Lipinski definition) is 2. The van der Waals surface area contributed by atoms with Gasteiger partial charge in [0.25, 0.3) is 0 Å². The predicted molar refractivity (Wildman–Crippen MR) is 65.1 cm³/mol. The molecule has 0 aliphatic carbocycles. The van der Waals surface area contributed by atoms with Gasteiger partial charge in [-0.3, -0.25) is 4.79 Å². The van der Waals surface area contributed by atoms with Crippen LogP contribution in [0, 0.1) is 18.8 Å². The number of nitrogens with two attached hydrogens (primary N) is 1. The van der Waals surface area contributed by atoms with E-state index in [0.29, 0.717) is 11.1 Å². The largest absolute Gasteiger partial charge is 0.416 e. The third-order valence-electron chi connectivity index (χ3n) is 2.34. The summed E-state index contributed by atoms with van der Waals surface area (Å²) in [6, 6.07) is 3.34. The summed E-state index contributed by atoms with van der Waals surface area (Å²) in [5.41, 5.74) is 5.31. The number of nitrogens with one attached hydrogen (secondary N) is 1. The van der Waals surface area contributed by atoms with E-state index in [-0.39, 0.29) is 19.0 Å². The van der Waals surface area contributed by atoms with Gasteiger partial charge in [0.1, 0.15) is 0 Å². The van der Waals surface area contributed by atoms with Gasteiger partial charge in [0, 0.05) is 5.56 Å². The summed E-state index contributed by atoms with van der Waals surface area (Å²) in [5, 5.41) is 2.44.